The highest BCUT2D eigenvalue weighted by Gasteiger charge is 2.14. The van der Waals surface area contributed by atoms with Gasteiger partial charge in [-0.05, 0) is 87.3 Å². The molecule has 7 aromatic rings. The van der Waals surface area contributed by atoms with Gasteiger partial charge in [-0.2, -0.15) is 0 Å². The number of fused-ring (bicyclic) bond motifs is 6. The normalized spacial score (nSPS) is 11.7. The van der Waals surface area contributed by atoms with Crippen LogP contribution in [0.2, 0.25) is 0 Å². The van der Waals surface area contributed by atoms with Crippen LogP contribution < -0.4 is 0 Å². The van der Waals surface area contributed by atoms with E-state index in [-0.39, 0.29) is 0 Å². The Kier molecular flexibility index (Phi) is 4.83. The zero-order valence-corrected chi connectivity index (χ0v) is 21.8. The Hall–Kier alpha value is -3.40. The number of benzene rings is 6. The fraction of sp³-hybridized carbons (Fsp3) is 0. The summed E-state index contributed by atoms with van der Waals surface area (Å²) < 4.78 is 4.52. The number of halogens is 2. The Labute approximate surface area is 219 Å². The van der Waals surface area contributed by atoms with Gasteiger partial charge in [0.05, 0.1) is 11.0 Å². The molecule has 0 amide bonds. The summed E-state index contributed by atoms with van der Waals surface area (Å²) in [5, 5.41) is 7.61. The molecule has 1 heterocycles. The predicted octanol–water partition coefficient (Wildman–Crippen LogP) is 10.3. The first-order valence-corrected chi connectivity index (χ1v) is 13.2. The molecule has 0 radical (unpaired) electrons. The third-order valence-corrected chi connectivity index (χ3v) is 7.88. The highest BCUT2D eigenvalue weighted by molar-refractivity contribution is 9.10. The van der Waals surface area contributed by atoms with Crippen LogP contribution in [0.5, 0.6) is 0 Å². The predicted molar refractivity (Wildman–Crippen MR) is 157 cm³/mol. The molecule has 0 aliphatic carbocycles. The lowest BCUT2D eigenvalue weighted by atomic mass is 9.93. The van der Waals surface area contributed by atoms with Gasteiger partial charge >= 0.3 is 0 Å². The van der Waals surface area contributed by atoms with Crippen molar-refractivity contribution in [1.29, 1.82) is 0 Å². The zero-order valence-electron chi connectivity index (χ0n) is 18.7. The lowest BCUT2D eigenvalue weighted by Gasteiger charge is -2.13. The molecule has 0 saturated carbocycles. The van der Waals surface area contributed by atoms with Crippen LogP contribution in [-0.2, 0) is 0 Å². The van der Waals surface area contributed by atoms with E-state index >= 15 is 0 Å². The van der Waals surface area contributed by atoms with Gasteiger partial charge in [-0.15, -0.1) is 0 Å². The second kappa shape index (κ2) is 8.08. The summed E-state index contributed by atoms with van der Waals surface area (Å²) in [5.41, 5.74) is 6.04. The van der Waals surface area contributed by atoms with Crippen molar-refractivity contribution in [1.82, 2.24) is 4.57 Å². The molecule has 6 aromatic carbocycles. The largest absolute Gasteiger partial charge is 0.309 e. The average Bonchev–Trinajstić information content (AvgIpc) is 3.21. The first-order valence-electron chi connectivity index (χ1n) is 11.6. The monoisotopic (exact) mass is 575 g/mol. The van der Waals surface area contributed by atoms with Gasteiger partial charge in [0.1, 0.15) is 0 Å². The van der Waals surface area contributed by atoms with Crippen molar-refractivity contribution in [3.05, 3.63) is 124 Å². The van der Waals surface area contributed by atoms with Gasteiger partial charge in [0, 0.05) is 25.4 Å². The van der Waals surface area contributed by atoms with E-state index in [0.29, 0.717) is 0 Å². The molecule has 0 unspecified atom stereocenters. The lowest BCUT2D eigenvalue weighted by molar-refractivity contribution is 1.18. The van der Waals surface area contributed by atoms with Gasteiger partial charge in [0.25, 0.3) is 0 Å². The van der Waals surface area contributed by atoms with Gasteiger partial charge in [0.15, 0.2) is 0 Å². The van der Waals surface area contributed by atoms with Gasteiger partial charge in [-0.1, -0.05) is 92.5 Å². The zero-order chi connectivity index (χ0) is 23.5. The number of aromatic nitrogens is 1. The minimum absolute atomic E-state index is 1.09. The lowest BCUT2D eigenvalue weighted by Crippen LogP contribution is -1.94. The molecule has 35 heavy (non-hydrogen) atoms. The minimum Gasteiger partial charge on any atom is -0.309 e. The third kappa shape index (κ3) is 3.34. The number of rotatable bonds is 2. The molecule has 7 rings (SSSR count). The van der Waals surface area contributed by atoms with E-state index in [1.807, 2.05) is 0 Å². The fourth-order valence-corrected chi connectivity index (χ4v) is 6.05. The van der Waals surface area contributed by atoms with E-state index in [0.717, 1.165) is 14.6 Å². The fourth-order valence-electron chi connectivity index (χ4n) is 5.33. The van der Waals surface area contributed by atoms with Crippen LogP contribution in [0.1, 0.15) is 0 Å². The second-order valence-corrected chi connectivity index (χ2v) is 10.7. The van der Waals surface area contributed by atoms with Crippen LogP contribution in [0.15, 0.2) is 124 Å². The molecule has 0 N–H and O–H groups in total. The standard InChI is InChI=1S/C32H19Br2N/c33-22-11-15-31-29(18-22)30-19-23(34)12-16-32(30)35(31)24-13-9-20(10-14-24)28-17-21-5-1-2-6-25(21)26-7-3-4-8-27(26)28/h1-19H. The maximum absolute atomic E-state index is 3.65. The van der Waals surface area contributed by atoms with Crippen molar-refractivity contribution in [3.63, 3.8) is 0 Å². The molecule has 3 heteroatoms. The van der Waals surface area contributed by atoms with Crippen LogP contribution in [-0.4, -0.2) is 4.57 Å². The van der Waals surface area contributed by atoms with Crippen LogP contribution in [0, 0.1) is 0 Å². The van der Waals surface area contributed by atoms with Crippen molar-refractivity contribution >= 4 is 75.2 Å². The van der Waals surface area contributed by atoms with E-state index in [1.54, 1.807) is 0 Å². The second-order valence-electron chi connectivity index (χ2n) is 8.90. The van der Waals surface area contributed by atoms with Crippen LogP contribution >= 0.6 is 31.9 Å². The van der Waals surface area contributed by atoms with Crippen molar-refractivity contribution in [2.75, 3.05) is 0 Å². The Morgan fingerprint density at radius 2 is 1.03 bits per heavy atom. The molecule has 0 spiro atoms. The van der Waals surface area contributed by atoms with Crippen LogP contribution in [0.3, 0.4) is 0 Å². The van der Waals surface area contributed by atoms with E-state index in [1.165, 1.54) is 54.5 Å². The van der Waals surface area contributed by atoms with Crippen molar-refractivity contribution in [2.24, 2.45) is 0 Å². The van der Waals surface area contributed by atoms with E-state index in [4.69, 9.17) is 0 Å². The molecule has 0 fully saturated rings. The quantitative estimate of drug-likeness (QED) is 0.180. The van der Waals surface area contributed by atoms with Crippen molar-refractivity contribution in [2.45, 2.75) is 0 Å². The van der Waals surface area contributed by atoms with E-state index < -0.39 is 0 Å². The maximum atomic E-state index is 3.65. The molecule has 166 valence electrons. The summed E-state index contributed by atoms with van der Waals surface area (Å²) in [6, 6.07) is 41.7. The van der Waals surface area contributed by atoms with Gasteiger partial charge < -0.3 is 4.57 Å². The molecular formula is C32H19Br2N. The van der Waals surface area contributed by atoms with E-state index in [2.05, 4.69) is 152 Å². The number of hydrogen-bond acceptors (Lipinski definition) is 0. The summed E-state index contributed by atoms with van der Waals surface area (Å²) in [6.45, 7) is 0. The molecule has 1 aromatic heterocycles. The van der Waals surface area contributed by atoms with Crippen molar-refractivity contribution in [3.8, 4) is 16.8 Å². The molecule has 0 aliphatic heterocycles. The molecule has 0 atom stereocenters. The van der Waals surface area contributed by atoms with Crippen molar-refractivity contribution < 1.29 is 0 Å². The minimum atomic E-state index is 1.09. The first kappa shape index (κ1) is 20.9. The summed E-state index contributed by atoms with van der Waals surface area (Å²) in [7, 11) is 0. The third-order valence-electron chi connectivity index (χ3n) is 6.89. The SMILES string of the molecule is Brc1ccc2c(c1)c1cc(Br)ccc1n2-c1ccc(-c2cc3ccccc3c3ccccc23)cc1. The smallest absolute Gasteiger partial charge is 0.0541 e. The first-order chi connectivity index (χ1) is 17.2. The molecular weight excluding hydrogens is 558 g/mol. The van der Waals surface area contributed by atoms with Gasteiger partial charge in [0.2, 0.25) is 0 Å². The topological polar surface area (TPSA) is 4.93 Å². The summed E-state index contributed by atoms with van der Waals surface area (Å²) in [5.74, 6) is 0. The average molecular weight is 577 g/mol. The Bertz CT molecular complexity index is 1850. The van der Waals surface area contributed by atoms with Crippen LogP contribution in [0.4, 0.5) is 0 Å². The van der Waals surface area contributed by atoms with E-state index in [9.17, 15) is 0 Å². The van der Waals surface area contributed by atoms with Crippen LogP contribution in [0.25, 0.3) is 60.2 Å². The number of hydrogen-bond donors (Lipinski definition) is 0. The molecule has 0 bridgehead atoms. The number of nitrogens with zero attached hydrogens (tertiary/aromatic N) is 1. The highest BCUT2D eigenvalue weighted by Crippen LogP contribution is 2.38. The molecule has 0 saturated heterocycles. The Morgan fingerprint density at radius 3 is 1.69 bits per heavy atom. The molecule has 1 nitrogen and oxygen atoms in total. The summed E-state index contributed by atoms with van der Waals surface area (Å²) in [4.78, 5) is 0. The highest BCUT2D eigenvalue weighted by atomic mass is 79.9. The molecule has 0 aliphatic rings. The Balaban J connectivity index is 1.44. The summed E-state index contributed by atoms with van der Waals surface area (Å²) >= 11 is 7.31. The Morgan fingerprint density at radius 1 is 0.457 bits per heavy atom. The summed E-state index contributed by atoms with van der Waals surface area (Å²) in [6.07, 6.45) is 0. The maximum Gasteiger partial charge on any atom is 0.0541 e. The van der Waals surface area contributed by atoms with Gasteiger partial charge in [-0.25, -0.2) is 0 Å². The van der Waals surface area contributed by atoms with Gasteiger partial charge in [-0.3, -0.25) is 0 Å².